The molecule has 2 heteroatoms. The molecule has 0 saturated heterocycles. The van der Waals surface area contributed by atoms with Gasteiger partial charge in [-0.05, 0) is 78.5 Å². The number of phenols is 1. The third kappa shape index (κ3) is 1.83. The van der Waals surface area contributed by atoms with Crippen molar-refractivity contribution in [2.45, 2.75) is 58.0 Å². The van der Waals surface area contributed by atoms with Crippen molar-refractivity contribution >= 4 is 0 Å². The molecule has 3 unspecified atom stereocenters. The zero-order chi connectivity index (χ0) is 15.5. The van der Waals surface area contributed by atoms with Crippen LogP contribution in [0.3, 0.4) is 0 Å². The van der Waals surface area contributed by atoms with E-state index in [4.69, 9.17) is 0 Å². The predicted molar refractivity (Wildman–Crippen MR) is 87.7 cm³/mol. The molecule has 0 bridgehead atoms. The summed E-state index contributed by atoms with van der Waals surface area (Å²) in [5.74, 6) is 2.08. The minimum Gasteiger partial charge on any atom is -0.508 e. The molecule has 0 spiro atoms. The first kappa shape index (κ1) is 14.3. The summed E-state index contributed by atoms with van der Waals surface area (Å²) in [6.45, 7) is 4.73. The molecule has 1 aromatic rings. The van der Waals surface area contributed by atoms with Crippen molar-refractivity contribution in [2.24, 2.45) is 17.3 Å². The summed E-state index contributed by atoms with van der Waals surface area (Å²) >= 11 is 0. The van der Waals surface area contributed by atoms with Crippen LogP contribution < -0.4 is 0 Å². The first-order valence-electron chi connectivity index (χ1n) is 8.75. The molecular formula is C20H26O2. The third-order valence-electron chi connectivity index (χ3n) is 6.88. The highest BCUT2D eigenvalue weighted by Crippen LogP contribution is 2.62. The van der Waals surface area contributed by atoms with Crippen molar-refractivity contribution in [1.82, 2.24) is 0 Å². The van der Waals surface area contributed by atoms with Crippen molar-refractivity contribution in [3.8, 4) is 5.75 Å². The highest BCUT2D eigenvalue weighted by Gasteiger charge is 2.52. The van der Waals surface area contributed by atoms with E-state index in [9.17, 15) is 10.2 Å². The van der Waals surface area contributed by atoms with Crippen molar-refractivity contribution < 1.29 is 10.2 Å². The minimum absolute atomic E-state index is 0.271. The molecule has 22 heavy (non-hydrogen) atoms. The number of hydrogen-bond acceptors (Lipinski definition) is 2. The number of aliphatic hydroxyl groups excluding tert-OH is 1. The van der Waals surface area contributed by atoms with Crippen LogP contribution in [0.15, 0.2) is 29.8 Å². The summed E-state index contributed by atoms with van der Waals surface area (Å²) in [4.78, 5) is 0. The number of allylic oxidation sites excluding steroid dienone is 2. The lowest BCUT2D eigenvalue weighted by molar-refractivity contribution is 0.0261. The lowest BCUT2D eigenvalue weighted by Crippen LogP contribution is -2.41. The predicted octanol–water partition coefficient (Wildman–Crippen LogP) is 4.69. The number of fused-ring (bicyclic) bond motifs is 5. The van der Waals surface area contributed by atoms with Crippen molar-refractivity contribution in [1.29, 1.82) is 0 Å². The van der Waals surface area contributed by atoms with E-state index in [0.29, 0.717) is 23.2 Å². The van der Waals surface area contributed by atoms with Crippen LogP contribution in [0.5, 0.6) is 5.75 Å². The number of rotatable bonds is 1. The van der Waals surface area contributed by atoms with Gasteiger partial charge >= 0.3 is 0 Å². The summed E-state index contributed by atoms with van der Waals surface area (Å²) in [7, 11) is 0. The van der Waals surface area contributed by atoms with Gasteiger partial charge in [-0.2, -0.15) is 0 Å². The molecule has 0 aromatic heterocycles. The summed E-state index contributed by atoms with van der Waals surface area (Å²) in [5, 5.41) is 20.4. The van der Waals surface area contributed by atoms with Crippen LogP contribution in [-0.2, 0) is 0 Å². The van der Waals surface area contributed by atoms with Gasteiger partial charge in [0.05, 0.1) is 6.10 Å². The SMILES string of the molecule is CCC1=CCC2C3C[C@@H](O)c4cc(O)ccc4C3CC[C@]12C. The largest absolute Gasteiger partial charge is 0.508 e. The van der Waals surface area contributed by atoms with Gasteiger partial charge in [0, 0.05) is 0 Å². The lowest BCUT2D eigenvalue weighted by atomic mass is 9.54. The van der Waals surface area contributed by atoms with E-state index < -0.39 is 6.10 Å². The second kappa shape index (κ2) is 4.86. The zero-order valence-electron chi connectivity index (χ0n) is 13.5. The van der Waals surface area contributed by atoms with E-state index in [2.05, 4.69) is 26.0 Å². The van der Waals surface area contributed by atoms with Gasteiger partial charge in [0.1, 0.15) is 5.75 Å². The number of hydrogen-bond donors (Lipinski definition) is 2. The lowest BCUT2D eigenvalue weighted by Gasteiger charge is -2.51. The maximum absolute atomic E-state index is 10.6. The molecular weight excluding hydrogens is 272 g/mol. The van der Waals surface area contributed by atoms with Crippen LogP contribution in [0, 0.1) is 17.3 Å². The first-order valence-corrected chi connectivity index (χ1v) is 8.75. The zero-order valence-corrected chi connectivity index (χ0v) is 13.5. The maximum Gasteiger partial charge on any atom is 0.115 e. The van der Waals surface area contributed by atoms with Crippen LogP contribution in [0.25, 0.3) is 0 Å². The molecule has 1 fully saturated rings. The Morgan fingerprint density at radius 3 is 2.86 bits per heavy atom. The average Bonchev–Trinajstić information content (AvgIpc) is 2.84. The van der Waals surface area contributed by atoms with E-state index in [1.807, 2.05) is 0 Å². The quantitative estimate of drug-likeness (QED) is 0.739. The maximum atomic E-state index is 10.6. The van der Waals surface area contributed by atoms with Crippen LogP contribution in [0.1, 0.15) is 69.1 Å². The fourth-order valence-electron chi connectivity index (χ4n) is 5.78. The van der Waals surface area contributed by atoms with Crippen molar-refractivity contribution in [2.75, 3.05) is 0 Å². The van der Waals surface area contributed by atoms with Crippen molar-refractivity contribution in [3.05, 3.63) is 41.0 Å². The Morgan fingerprint density at radius 1 is 1.27 bits per heavy atom. The van der Waals surface area contributed by atoms with Crippen LogP contribution in [0.4, 0.5) is 0 Å². The van der Waals surface area contributed by atoms with E-state index in [-0.39, 0.29) is 5.75 Å². The van der Waals surface area contributed by atoms with Crippen LogP contribution in [0.2, 0.25) is 0 Å². The molecule has 4 rings (SSSR count). The second-order valence-electron chi connectivity index (χ2n) is 7.72. The molecule has 1 aromatic carbocycles. The third-order valence-corrected chi connectivity index (χ3v) is 6.88. The molecule has 2 nitrogen and oxygen atoms in total. The average molecular weight is 298 g/mol. The second-order valence-corrected chi connectivity index (χ2v) is 7.72. The summed E-state index contributed by atoms with van der Waals surface area (Å²) < 4.78 is 0. The van der Waals surface area contributed by atoms with Gasteiger partial charge in [0.15, 0.2) is 0 Å². The fourth-order valence-corrected chi connectivity index (χ4v) is 5.78. The summed E-state index contributed by atoms with van der Waals surface area (Å²) in [6.07, 6.45) is 7.72. The van der Waals surface area contributed by atoms with Crippen LogP contribution >= 0.6 is 0 Å². The molecule has 0 aliphatic heterocycles. The molecule has 3 aliphatic carbocycles. The van der Waals surface area contributed by atoms with Gasteiger partial charge in [0.2, 0.25) is 0 Å². The standard InChI is InChI=1S/C20H26O2/c1-3-12-4-7-18-16-11-19(22)17-10-13(21)5-6-14(17)15(16)8-9-20(12,18)2/h4-6,10,15-16,18-19,21-22H,3,7-9,11H2,1-2H3/t15?,16?,18?,19-,20-/m1/s1. The van der Waals surface area contributed by atoms with Gasteiger partial charge in [-0.15, -0.1) is 0 Å². The number of phenolic OH excluding ortho intramolecular Hbond substituents is 1. The van der Waals surface area contributed by atoms with Crippen LogP contribution in [-0.4, -0.2) is 10.2 Å². The molecule has 118 valence electrons. The monoisotopic (exact) mass is 298 g/mol. The summed E-state index contributed by atoms with van der Waals surface area (Å²) in [6, 6.07) is 5.61. The van der Waals surface area contributed by atoms with Gasteiger partial charge in [-0.3, -0.25) is 0 Å². The van der Waals surface area contributed by atoms with Gasteiger partial charge < -0.3 is 10.2 Å². The molecule has 5 atom stereocenters. The smallest absolute Gasteiger partial charge is 0.115 e. The molecule has 1 saturated carbocycles. The Labute approximate surface area is 132 Å². The Hall–Kier alpha value is -1.28. The van der Waals surface area contributed by atoms with Gasteiger partial charge in [-0.1, -0.05) is 31.6 Å². The van der Waals surface area contributed by atoms with E-state index in [1.165, 1.54) is 24.8 Å². The van der Waals surface area contributed by atoms with Crippen molar-refractivity contribution in [3.63, 3.8) is 0 Å². The Kier molecular flexibility index (Phi) is 3.16. The normalized spacial score (nSPS) is 39.7. The molecule has 0 amide bonds. The van der Waals surface area contributed by atoms with E-state index >= 15 is 0 Å². The molecule has 0 heterocycles. The first-order chi connectivity index (χ1) is 10.5. The summed E-state index contributed by atoms with van der Waals surface area (Å²) in [5.41, 5.74) is 4.24. The molecule has 3 aliphatic rings. The van der Waals surface area contributed by atoms with E-state index in [0.717, 1.165) is 18.4 Å². The Bertz CT molecular complexity index is 633. The fraction of sp³-hybridized carbons (Fsp3) is 0.600. The molecule has 2 N–H and O–H groups in total. The Morgan fingerprint density at radius 2 is 2.09 bits per heavy atom. The number of aliphatic hydroxyl groups is 1. The highest BCUT2D eigenvalue weighted by atomic mass is 16.3. The van der Waals surface area contributed by atoms with E-state index in [1.54, 1.807) is 17.7 Å². The Balaban J connectivity index is 1.73. The van der Waals surface area contributed by atoms with Gasteiger partial charge in [-0.25, -0.2) is 0 Å². The topological polar surface area (TPSA) is 40.5 Å². The minimum atomic E-state index is -0.420. The highest BCUT2D eigenvalue weighted by molar-refractivity contribution is 5.42. The van der Waals surface area contributed by atoms with Gasteiger partial charge in [0.25, 0.3) is 0 Å². The number of benzene rings is 1. The molecule has 0 radical (unpaired) electrons. The number of aromatic hydroxyl groups is 1.